The lowest BCUT2D eigenvalue weighted by molar-refractivity contribution is 0.239. The van der Waals surface area contributed by atoms with E-state index in [-0.39, 0.29) is 17.5 Å². The molecule has 0 radical (unpaired) electrons. The van der Waals surface area contributed by atoms with Crippen molar-refractivity contribution in [1.29, 1.82) is 0 Å². The average Bonchev–Trinajstić information content (AvgIpc) is 2.67. The SMILES string of the molecule is CC[C@@H](CNC(=O)NCc1cc(=O)[nH]c2ccccc12)c1ccccc1. The molecule has 0 fully saturated rings. The number of pyridine rings is 1. The number of H-pyrrole nitrogens is 1. The van der Waals surface area contributed by atoms with Crippen molar-refractivity contribution in [2.75, 3.05) is 6.54 Å². The molecule has 0 aliphatic rings. The molecule has 0 saturated carbocycles. The summed E-state index contributed by atoms with van der Waals surface area (Å²) in [4.78, 5) is 26.8. The highest BCUT2D eigenvalue weighted by Gasteiger charge is 2.11. The number of fused-ring (bicyclic) bond motifs is 1. The molecule has 3 aromatic rings. The summed E-state index contributed by atoms with van der Waals surface area (Å²) in [6.45, 7) is 2.99. The van der Waals surface area contributed by atoms with E-state index in [4.69, 9.17) is 0 Å². The van der Waals surface area contributed by atoms with Crippen molar-refractivity contribution in [3.8, 4) is 0 Å². The van der Waals surface area contributed by atoms with Crippen LogP contribution in [0.1, 0.15) is 30.4 Å². The molecular weight excluding hydrogens is 326 g/mol. The first-order valence-corrected chi connectivity index (χ1v) is 8.85. The molecule has 0 unspecified atom stereocenters. The van der Waals surface area contributed by atoms with Crippen molar-refractivity contribution >= 4 is 16.9 Å². The molecule has 3 rings (SSSR count). The minimum Gasteiger partial charge on any atom is -0.338 e. The van der Waals surface area contributed by atoms with Crippen LogP contribution in [0.5, 0.6) is 0 Å². The van der Waals surface area contributed by atoms with E-state index in [0.717, 1.165) is 22.9 Å². The van der Waals surface area contributed by atoms with Crippen molar-refractivity contribution in [3.63, 3.8) is 0 Å². The lowest BCUT2D eigenvalue weighted by Crippen LogP contribution is -2.37. The Bertz CT molecular complexity index is 935. The Balaban J connectivity index is 1.60. The first-order valence-electron chi connectivity index (χ1n) is 8.85. The molecule has 5 nitrogen and oxygen atoms in total. The van der Waals surface area contributed by atoms with E-state index in [9.17, 15) is 9.59 Å². The van der Waals surface area contributed by atoms with Crippen molar-refractivity contribution in [1.82, 2.24) is 15.6 Å². The molecule has 3 N–H and O–H groups in total. The van der Waals surface area contributed by atoms with Gasteiger partial charge in [0.25, 0.3) is 0 Å². The summed E-state index contributed by atoms with van der Waals surface area (Å²) in [7, 11) is 0. The third-order valence-electron chi connectivity index (χ3n) is 4.55. The van der Waals surface area contributed by atoms with Crippen LogP contribution in [0.3, 0.4) is 0 Å². The summed E-state index contributed by atoms with van der Waals surface area (Å²) in [6.07, 6.45) is 0.947. The first-order chi connectivity index (χ1) is 12.7. The van der Waals surface area contributed by atoms with Gasteiger partial charge in [-0.2, -0.15) is 0 Å². The van der Waals surface area contributed by atoms with Gasteiger partial charge in [-0.05, 0) is 23.6 Å². The highest BCUT2D eigenvalue weighted by atomic mass is 16.2. The molecule has 5 heteroatoms. The van der Waals surface area contributed by atoms with E-state index in [0.29, 0.717) is 13.1 Å². The minimum atomic E-state index is -0.233. The molecule has 1 atom stereocenters. The number of nitrogens with one attached hydrogen (secondary N) is 3. The number of aromatic amines is 1. The molecule has 26 heavy (non-hydrogen) atoms. The zero-order chi connectivity index (χ0) is 18.4. The molecule has 134 valence electrons. The van der Waals surface area contributed by atoms with Crippen LogP contribution in [0.4, 0.5) is 4.79 Å². The lowest BCUT2D eigenvalue weighted by atomic mass is 9.97. The van der Waals surface area contributed by atoms with Crippen LogP contribution in [-0.2, 0) is 6.54 Å². The number of amides is 2. The molecule has 0 aliphatic carbocycles. The second-order valence-electron chi connectivity index (χ2n) is 6.28. The van der Waals surface area contributed by atoms with Crippen LogP contribution in [0.2, 0.25) is 0 Å². The van der Waals surface area contributed by atoms with E-state index < -0.39 is 0 Å². The second-order valence-corrected chi connectivity index (χ2v) is 6.28. The number of benzene rings is 2. The van der Waals surface area contributed by atoms with Crippen molar-refractivity contribution < 1.29 is 4.79 Å². The highest BCUT2D eigenvalue weighted by Crippen LogP contribution is 2.18. The van der Waals surface area contributed by atoms with Gasteiger partial charge in [-0.1, -0.05) is 55.5 Å². The van der Waals surface area contributed by atoms with Crippen molar-refractivity contribution in [2.24, 2.45) is 0 Å². The number of aromatic nitrogens is 1. The Morgan fingerprint density at radius 3 is 2.54 bits per heavy atom. The topological polar surface area (TPSA) is 74.0 Å². The summed E-state index contributed by atoms with van der Waals surface area (Å²) < 4.78 is 0. The van der Waals surface area contributed by atoms with Crippen LogP contribution in [-0.4, -0.2) is 17.6 Å². The summed E-state index contributed by atoms with van der Waals surface area (Å²) in [5, 5.41) is 6.71. The summed E-state index contributed by atoms with van der Waals surface area (Å²) in [5.41, 5.74) is 2.62. The third kappa shape index (κ3) is 4.30. The average molecular weight is 349 g/mol. The molecule has 0 saturated heterocycles. The number of carbonyl (C=O) groups is 1. The Kier molecular flexibility index (Phi) is 5.69. The van der Waals surface area contributed by atoms with E-state index in [1.165, 1.54) is 11.6 Å². The van der Waals surface area contributed by atoms with E-state index >= 15 is 0 Å². The van der Waals surface area contributed by atoms with Crippen LogP contribution in [0, 0.1) is 0 Å². The van der Waals surface area contributed by atoms with Gasteiger partial charge in [0.2, 0.25) is 5.56 Å². The predicted molar refractivity (Wildman–Crippen MR) is 104 cm³/mol. The lowest BCUT2D eigenvalue weighted by Gasteiger charge is -2.16. The third-order valence-corrected chi connectivity index (χ3v) is 4.55. The Morgan fingerprint density at radius 1 is 1.04 bits per heavy atom. The normalized spacial score (nSPS) is 11.9. The van der Waals surface area contributed by atoms with E-state index in [2.05, 4.69) is 34.7 Å². The summed E-state index contributed by atoms with van der Waals surface area (Å²) >= 11 is 0. The Hall–Kier alpha value is -3.08. The first kappa shape index (κ1) is 17.7. The maximum absolute atomic E-state index is 12.2. The Labute approximate surface area is 152 Å². The molecular formula is C21H23N3O2. The van der Waals surface area contributed by atoms with Gasteiger partial charge in [-0.15, -0.1) is 0 Å². The molecule has 0 spiro atoms. The number of hydrogen-bond acceptors (Lipinski definition) is 2. The highest BCUT2D eigenvalue weighted by molar-refractivity contribution is 5.82. The van der Waals surface area contributed by atoms with Gasteiger partial charge in [0.05, 0.1) is 0 Å². The fourth-order valence-corrected chi connectivity index (χ4v) is 3.10. The van der Waals surface area contributed by atoms with Crippen LogP contribution in [0.25, 0.3) is 10.9 Å². The van der Waals surface area contributed by atoms with Crippen LogP contribution in [0.15, 0.2) is 65.5 Å². The van der Waals surface area contributed by atoms with Gasteiger partial charge in [0, 0.05) is 36.0 Å². The number of carbonyl (C=O) groups excluding carboxylic acids is 1. The van der Waals surface area contributed by atoms with Crippen LogP contribution >= 0.6 is 0 Å². The molecule has 1 heterocycles. The molecule has 0 aliphatic heterocycles. The van der Waals surface area contributed by atoms with Gasteiger partial charge in [0.15, 0.2) is 0 Å². The van der Waals surface area contributed by atoms with Crippen molar-refractivity contribution in [2.45, 2.75) is 25.8 Å². The van der Waals surface area contributed by atoms with Crippen LogP contribution < -0.4 is 16.2 Å². The molecule has 2 amide bonds. The van der Waals surface area contributed by atoms with Gasteiger partial charge in [0.1, 0.15) is 0 Å². The second kappa shape index (κ2) is 8.34. The monoisotopic (exact) mass is 349 g/mol. The summed E-state index contributed by atoms with van der Waals surface area (Å²) in [5.74, 6) is 0.280. The van der Waals surface area contributed by atoms with Crippen molar-refractivity contribution in [3.05, 3.63) is 82.1 Å². The molecule has 1 aromatic heterocycles. The number of para-hydroxylation sites is 1. The zero-order valence-electron chi connectivity index (χ0n) is 14.8. The maximum atomic E-state index is 12.2. The smallest absolute Gasteiger partial charge is 0.315 e. The fraction of sp³-hybridized carbons (Fsp3) is 0.238. The number of urea groups is 1. The minimum absolute atomic E-state index is 0.170. The summed E-state index contributed by atoms with van der Waals surface area (Å²) in [6, 6.07) is 19.0. The molecule has 2 aromatic carbocycles. The molecule has 0 bridgehead atoms. The quantitative estimate of drug-likeness (QED) is 0.637. The van der Waals surface area contributed by atoms with E-state index in [1.54, 1.807) is 0 Å². The largest absolute Gasteiger partial charge is 0.338 e. The standard InChI is InChI=1S/C21H23N3O2/c1-2-15(16-8-4-3-5-9-16)13-22-21(26)23-14-17-12-20(25)24-19-11-7-6-10-18(17)19/h3-12,15H,2,13-14H2,1H3,(H,24,25)(H2,22,23,26)/t15-/m0/s1. The zero-order valence-corrected chi connectivity index (χ0v) is 14.8. The van der Waals surface area contributed by atoms with Gasteiger partial charge >= 0.3 is 6.03 Å². The van der Waals surface area contributed by atoms with Gasteiger partial charge in [-0.3, -0.25) is 4.79 Å². The number of rotatable bonds is 6. The number of hydrogen-bond donors (Lipinski definition) is 3. The Morgan fingerprint density at radius 2 is 1.77 bits per heavy atom. The van der Waals surface area contributed by atoms with E-state index in [1.807, 2.05) is 42.5 Å². The van der Waals surface area contributed by atoms with Gasteiger partial charge < -0.3 is 15.6 Å². The fourth-order valence-electron chi connectivity index (χ4n) is 3.10. The predicted octanol–water partition coefficient (Wildman–Crippen LogP) is 3.52. The maximum Gasteiger partial charge on any atom is 0.315 e. The van der Waals surface area contributed by atoms with Gasteiger partial charge in [-0.25, -0.2) is 4.79 Å².